The number of carbonyl (C=O) groups excluding carboxylic acids is 2. The summed E-state index contributed by atoms with van der Waals surface area (Å²) in [4.78, 5) is 27.5. The number of primary amides is 1. The van der Waals surface area contributed by atoms with Crippen molar-refractivity contribution in [2.45, 2.75) is 31.7 Å². The quantitative estimate of drug-likeness (QED) is 0.901. The summed E-state index contributed by atoms with van der Waals surface area (Å²) in [6.07, 6.45) is 3.00. The molecule has 0 spiro atoms. The van der Waals surface area contributed by atoms with Crippen LogP contribution >= 0.6 is 0 Å². The topological polar surface area (TPSA) is 66.6 Å². The summed E-state index contributed by atoms with van der Waals surface area (Å²) in [6, 6.07) is 3.05. The second-order valence-electron chi connectivity index (χ2n) is 6.49. The van der Waals surface area contributed by atoms with Gasteiger partial charge in [0.1, 0.15) is 0 Å². The van der Waals surface area contributed by atoms with Crippen molar-refractivity contribution in [1.29, 1.82) is 0 Å². The summed E-state index contributed by atoms with van der Waals surface area (Å²) in [5.74, 6) is -2.10. The average Bonchev–Trinajstić information content (AvgIpc) is 3.06. The predicted molar refractivity (Wildman–Crippen MR) is 83.9 cm³/mol. The summed E-state index contributed by atoms with van der Waals surface area (Å²) < 4.78 is 26.7. The van der Waals surface area contributed by atoms with E-state index in [-0.39, 0.29) is 17.9 Å². The zero-order valence-corrected chi connectivity index (χ0v) is 13.4. The maximum atomic E-state index is 13.5. The molecule has 1 aromatic carbocycles. The van der Waals surface area contributed by atoms with E-state index in [1.165, 1.54) is 17.0 Å². The first kappa shape index (κ1) is 16.7. The van der Waals surface area contributed by atoms with E-state index in [4.69, 9.17) is 5.73 Å². The molecule has 2 fully saturated rings. The van der Waals surface area contributed by atoms with E-state index >= 15 is 0 Å². The third-order valence-electron chi connectivity index (χ3n) is 4.95. The molecule has 1 aromatic rings. The fourth-order valence-corrected chi connectivity index (χ4v) is 3.71. The number of rotatable bonds is 2. The van der Waals surface area contributed by atoms with Crippen LogP contribution in [0.2, 0.25) is 0 Å². The largest absolute Gasteiger partial charge is 0.351 e. The SMILES string of the molecule is NC(=O)N1CCCC(C(=O)N2CCCC2c2ccc(F)c(F)c2)C1. The molecule has 0 bridgehead atoms. The number of urea groups is 1. The van der Waals surface area contributed by atoms with Crippen LogP contribution in [0.15, 0.2) is 18.2 Å². The highest BCUT2D eigenvalue weighted by molar-refractivity contribution is 5.81. The molecule has 7 heteroatoms. The third-order valence-corrected chi connectivity index (χ3v) is 4.95. The van der Waals surface area contributed by atoms with Gasteiger partial charge >= 0.3 is 6.03 Å². The predicted octanol–water partition coefficient (Wildman–Crippen LogP) is 2.42. The van der Waals surface area contributed by atoms with Crippen molar-refractivity contribution in [2.24, 2.45) is 11.7 Å². The van der Waals surface area contributed by atoms with Crippen molar-refractivity contribution in [3.8, 4) is 0 Å². The van der Waals surface area contributed by atoms with Crippen molar-refractivity contribution >= 4 is 11.9 Å². The van der Waals surface area contributed by atoms with Gasteiger partial charge in [0, 0.05) is 19.6 Å². The second kappa shape index (κ2) is 6.75. The molecular formula is C17H21F2N3O2. The lowest BCUT2D eigenvalue weighted by molar-refractivity contribution is -0.137. The molecule has 2 saturated heterocycles. The van der Waals surface area contributed by atoms with Gasteiger partial charge in [-0.25, -0.2) is 13.6 Å². The van der Waals surface area contributed by atoms with Gasteiger partial charge in [0.2, 0.25) is 5.91 Å². The molecule has 3 rings (SSSR count). The molecule has 0 aliphatic carbocycles. The Balaban J connectivity index is 1.76. The number of nitrogens with two attached hydrogens (primary N) is 1. The molecule has 0 saturated carbocycles. The standard InChI is InChI=1S/C17H21F2N3O2/c18-13-6-5-11(9-14(13)19)15-4-2-8-22(15)16(23)12-3-1-7-21(10-12)17(20)24/h5-6,9,12,15H,1-4,7-8,10H2,(H2,20,24). The fourth-order valence-electron chi connectivity index (χ4n) is 3.71. The van der Waals surface area contributed by atoms with Crippen molar-refractivity contribution in [3.63, 3.8) is 0 Å². The fraction of sp³-hybridized carbons (Fsp3) is 0.529. The Morgan fingerprint density at radius 2 is 1.83 bits per heavy atom. The van der Waals surface area contributed by atoms with Crippen molar-refractivity contribution in [2.75, 3.05) is 19.6 Å². The molecule has 3 amide bonds. The molecule has 0 radical (unpaired) electrons. The van der Waals surface area contributed by atoms with E-state index in [1.54, 1.807) is 4.90 Å². The number of likely N-dealkylation sites (tertiary alicyclic amines) is 2. The maximum absolute atomic E-state index is 13.5. The molecule has 2 heterocycles. The average molecular weight is 337 g/mol. The van der Waals surface area contributed by atoms with Crippen LogP contribution in [0, 0.1) is 17.6 Å². The zero-order valence-electron chi connectivity index (χ0n) is 13.4. The number of hydrogen-bond donors (Lipinski definition) is 1. The van der Waals surface area contributed by atoms with Crippen LogP contribution in [0.3, 0.4) is 0 Å². The summed E-state index contributed by atoms with van der Waals surface area (Å²) in [5.41, 5.74) is 5.93. The zero-order chi connectivity index (χ0) is 17.3. The number of nitrogens with zero attached hydrogens (tertiary/aromatic N) is 2. The van der Waals surface area contributed by atoms with Gasteiger partial charge in [0.25, 0.3) is 0 Å². The Morgan fingerprint density at radius 3 is 2.54 bits per heavy atom. The number of halogens is 2. The van der Waals surface area contributed by atoms with Gasteiger partial charge in [0.05, 0.1) is 12.0 Å². The minimum atomic E-state index is -0.899. The van der Waals surface area contributed by atoms with E-state index < -0.39 is 17.7 Å². The molecule has 2 atom stereocenters. The first-order valence-corrected chi connectivity index (χ1v) is 8.27. The Bertz CT molecular complexity index is 653. The molecule has 5 nitrogen and oxygen atoms in total. The van der Waals surface area contributed by atoms with Crippen LogP contribution in [0.1, 0.15) is 37.3 Å². The molecule has 2 aliphatic heterocycles. The Hall–Kier alpha value is -2.18. The van der Waals surface area contributed by atoms with Gasteiger partial charge in [-0.15, -0.1) is 0 Å². The monoisotopic (exact) mass is 337 g/mol. The van der Waals surface area contributed by atoms with E-state index in [0.29, 0.717) is 31.6 Å². The van der Waals surface area contributed by atoms with Crippen molar-refractivity contribution in [3.05, 3.63) is 35.4 Å². The Labute approximate surface area is 139 Å². The molecular weight excluding hydrogens is 316 g/mol. The Morgan fingerprint density at radius 1 is 1.08 bits per heavy atom. The normalized spacial score (nSPS) is 24.2. The maximum Gasteiger partial charge on any atom is 0.314 e. The van der Waals surface area contributed by atoms with Crippen LogP contribution < -0.4 is 5.73 Å². The van der Waals surface area contributed by atoms with Crippen molar-refractivity contribution in [1.82, 2.24) is 9.80 Å². The number of benzene rings is 1. The van der Waals surface area contributed by atoms with E-state index in [1.807, 2.05) is 0 Å². The lowest BCUT2D eigenvalue weighted by atomic mass is 9.95. The number of piperidine rings is 1. The highest BCUT2D eigenvalue weighted by Crippen LogP contribution is 2.34. The molecule has 2 aliphatic rings. The molecule has 2 unspecified atom stereocenters. The van der Waals surface area contributed by atoms with Crippen LogP contribution in [0.5, 0.6) is 0 Å². The van der Waals surface area contributed by atoms with Gasteiger partial charge in [-0.1, -0.05) is 6.07 Å². The van der Waals surface area contributed by atoms with Gasteiger partial charge < -0.3 is 15.5 Å². The van der Waals surface area contributed by atoms with Gasteiger partial charge in [-0.2, -0.15) is 0 Å². The summed E-state index contributed by atoms with van der Waals surface area (Å²) in [6.45, 7) is 1.50. The van der Waals surface area contributed by atoms with Gasteiger partial charge in [0.15, 0.2) is 11.6 Å². The molecule has 130 valence electrons. The molecule has 24 heavy (non-hydrogen) atoms. The van der Waals surface area contributed by atoms with Crippen molar-refractivity contribution < 1.29 is 18.4 Å². The Kier molecular flexibility index (Phi) is 4.69. The van der Waals surface area contributed by atoms with Crippen LogP contribution in [0.25, 0.3) is 0 Å². The lowest BCUT2D eigenvalue weighted by Crippen LogP contribution is -2.48. The minimum absolute atomic E-state index is 0.0341. The molecule has 2 N–H and O–H groups in total. The summed E-state index contributed by atoms with van der Waals surface area (Å²) in [7, 11) is 0. The summed E-state index contributed by atoms with van der Waals surface area (Å²) in [5, 5.41) is 0. The second-order valence-corrected chi connectivity index (χ2v) is 6.49. The minimum Gasteiger partial charge on any atom is -0.351 e. The number of carbonyl (C=O) groups is 2. The van der Waals surface area contributed by atoms with Crippen LogP contribution in [-0.2, 0) is 4.79 Å². The lowest BCUT2D eigenvalue weighted by Gasteiger charge is -2.35. The first-order chi connectivity index (χ1) is 11.5. The summed E-state index contributed by atoms with van der Waals surface area (Å²) >= 11 is 0. The number of amides is 3. The first-order valence-electron chi connectivity index (χ1n) is 8.27. The van der Waals surface area contributed by atoms with Crippen LogP contribution in [-0.4, -0.2) is 41.4 Å². The van der Waals surface area contributed by atoms with E-state index in [0.717, 1.165) is 25.3 Å². The van der Waals surface area contributed by atoms with E-state index in [9.17, 15) is 18.4 Å². The molecule has 0 aromatic heterocycles. The van der Waals surface area contributed by atoms with E-state index in [2.05, 4.69) is 0 Å². The van der Waals surface area contributed by atoms with Gasteiger partial charge in [-0.3, -0.25) is 4.79 Å². The number of hydrogen-bond acceptors (Lipinski definition) is 2. The third kappa shape index (κ3) is 3.20. The smallest absolute Gasteiger partial charge is 0.314 e. The van der Waals surface area contributed by atoms with Crippen LogP contribution in [0.4, 0.5) is 13.6 Å². The highest BCUT2D eigenvalue weighted by atomic mass is 19.2. The van der Waals surface area contributed by atoms with Gasteiger partial charge in [-0.05, 0) is 43.4 Å². The highest BCUT2D eigenvalue weighted by Gasteiger charge is 2.36.